The summed E-state index contributed by atoms with van der Waals surface area (Å²) in [5.41, 5.74) is 1.88. The number of fused-ring (bicyclic) bond motifs is 4. The molecule has 3 unspecified atom stereocenters. The van der Waals surface area contributed by atoms with Crippen molar-refractivity contribution in [3.05, 3.63) is 89.2 Å². The van der Waals surface area contributed by atoms with Crippen LogP contribution in [0.5, 0.6) is 5.75 Å². The third kappa shape index (κ3) is 8.56. The number of carbonyl (C=O) groups is 5. The van der Waals surface area contributed by atoms with E-state index in [1.54, 1.807) is 18.2 Å². The minimum Gasteiger partial charge on any atom is -0.491 e. The SMILES string of the molecule is C=CC(=O)Nc1cc2c(Nc3ccc(F)c(Cl)c3)ncnc2cc1OCCCN1CCC(CN2CC3CCC(C2)N3c2cc3c(cc2F)C(=O)N(C2CCC(=O)NC2=O)C3=O)CC1. The Morgan fingerprint density at radius 3 is 2.38 bits per heavy atom. The van der Waals surface area contributed by atoms with Crippen LogP contribution in [0.3, 0.4) is 0 Å². The van der Waals surface area contributed by atoms with Crippen LogP contribution >= 0.6 is 11.6 Å². The Labute approximate surface area is 366 Å². The van der Waals surface area contributed by atoms with Crippen molar-refractivity contribution in [1.82, 2.24) is 30.0 Å². The van der Waals surface area contributed by atoms with E-state index >= 15 is 4.39 Å². The van der Waals surface area contributed by atoms with Crippen LogP contribution in [0.4, 0.5) is 31.7 Å². The van der Waals surface area contributed by atoms with Gasteiger partial charge in [-0.25, -0.2) is 18.7 Å². The highest BCUT2D eigenvalue weighted by atomic mass is 35.5. The zero-order valence-electron chi connectivity index (χ0n) is 34.4. The Balaban J connectivity index is 0.765. The Morgan fingerprint density at radius 1 is 0.921 bits per heavy atom. The van der Waals surface area contributed by atoms with E-state index in [0.29, 0.717) is 52.1 Å². The molecule has 2 bridgehead atoms. The van der Waals surface area contributed by atoms with Crippen molar-refractivity contribution in [3.8, 4) is 5.75 Å². The summed E-state index contributed by atoms with van der Waals surface area (Å²) in [7, 11) is 0. The summed E-state index contributed by atoms with van der Waals surface area (Å²) in [6.45, 7) is 9.25. The van der Waals surface area contributed by atoms with Crippen LogP contribution in [0.2, 0.25) is 5.02 Å². The lowest BCUT2D eigenvalue weighted by Crippen LogP contribution is -2.55. The van der Waals surface area contributed by atoms with Crippen LogP contribution in [0, 0.1) is 17.6 Å². The lowest BCUT2D eigenvalue weighted by atomic mass is 9.95. The number of carbonyl (C=O) groups excluding carboxylic acids is 5. The van der Waals surface area contributed by atoms with Crippen molar-refractivity contribution in [2.24, 2.45) is 5.92 Å². The van der Waals surface area contributed by atoms with E-state index in [1.165, 1.54) is 30.6 Å². The molecule has 5 amide bonds. The highest BCUT2D eigenvalue weighted by molar-refractivity contribution is 6.31. The fourth-order valence-corrected chi connectivity index (χ4v) is 9.91. The number of imide groups is 2. The first-order valence-electron chi connectivity index (χ1n) is 21.3. The number of hydrogen-bond acceptors (Lipinski definition) is 12. The highest BCUT2D eigenvalue weighted by Crippen LogP contribution is 2.40. The maximum Gasteiger partial charge on any atom is 0.262 e. The lowest BCUT2D eigenvalue weighted by molar-refractivity contribution is -0.136. The van der Waals surface area contributed by atoms with Gasteiger partial charge in [0.25, 0.3) is 11.8 Å². The Hall–Kier alpha value is -6.04. The average molecular weight is 882 g/mol. The van der Waals surface area contributed by atoms with Crippen molar-refractivity contribution in [2.75, 3.05) is 61.4 Å². The van der Waals surface area contributed by atoms with Crippen LogP contribution in [0.1, 0.15) is 65.7 Å². The number of ether oxygens (including phenoxy) is 1. The maximum absolute atomic E-state index is 15.8. The van der Waals surface area contributed by atoms with Crippen LogP contribution in [-0.4, -0.2) is 118 Å². The standard InChI is InChI=1S/C45H46ClF2N9O6/c1-2-40(58)52-36-18-31-35(49-24-50-42(31)51-26-4-7-33(47)32(46)16-26)20-39(36)63-15-3-12-54-13-10-25(11-14-54)21-55-22-27-5-6-28(23-55)56(27)38-19-30-29(17-34(38)48)44(61)57(45(30)62)37-8-9-41(59)53-43(37)60/h2,4,7,16-20,24-25,27-28,37H,1,3,5-6,8-15,21-23H2,(H,52,58)(H,49,50,51)(H,53,59,60). The summed E-state index contributed by atoms with van der Waals surface area (Å²) in [6, 6.07) is 9.38. The van der Waals surface area contributed by atoms with E-state index in [1.807, 2.05) is 0 Å². The summed E-state index contributed by atoms with van der Waals surface area (Å²) < 4.78 is 35.8. The number of aromatic nitrogens is 2. The van der Waals surface area contributed by atoms with Gasteiger partial charge in [0.1, 0.15) is 35.6 Å². The molecule has 0 saturated carbocycles. The van der Waals surface area contributed by atoms with E-state index in [4.69, 9.17) is 16.3 Å². The number of likely N-dealkylation sites (tertiary alicyclic amines) is 2. The summed E-state index contributed by atoms with van der Waals surface area (Å²) >= 11 is 5.98. The molecule has 0 spiro atoms. The molecule has 5 aliphatic heterocycles. The van der Waals surface area contributed by atoms with E-state index in [2.05, 4.69) is 47.2 Å². The molecule has 5 aliphatic rings. The Morgan fingerprint density at radius 2 is 1.67 bits per heavy atom. The van der Waals surface area contributed by atoms with Gasteiger partial charge in [-0.15, -0.1) is 0 Å². The Kier molecular flexibility index (Phi) is 11.8. The molecule has 63 heavy (non-hydrogen) atoms. The lowest BCUT2D eigenvalue weighted by Gasteiger charge is -2.44. The van der Waals surface area contributed by atoms with E-state index in [9.17, 15) is 28.4 Å². The number of hydrogen-bond donors (Lipinski definition) is 3. The molecule has 328 valence electrons. The van der Waals surface area contributed by atoms with Crippen molar-refractivity contribution in [1.29, 1.82) is 0 Å². The molecule has 4 aromatic rings. The topological polar surface area (TPSA) is 169 Å². The number of piperidine rings is 2. The van der Waals surface area contributed by atoms with E-state index in [-0.39, 0.29) is 41.1 Å². The van der Waals surface area contributed by atoms with Crippen LogP contribution in [-0.2, 0) is 14.4 Å². The monoisotopic (exact) mass is 881 g/mol. The zero-order chi connectivity index (χ0) is 43.9. The third-order valence-electron chi connectivity index (χ3n) is 12.8. The number of piperazine rings is 1. The summed E-state index contributed by atoms with van der Waals surface area (Å²) in [5.74, 6) is -2.59. The first-order chi connectivity index (χ1) is 30.4. The number of halogens is 3. The fraction of sp³-hybridized carbons (Fsp3) is 0.400. The molecule has 3 N–H and O–H groups in total. The summed E-state index contributed by atoms with van der Waals surface area (Å²) in [5, 5.41) is 8.74. The zero-order valence-corrected chi connectivity index (χ0v) is 35.1. The molecule has 15 nitrogen and oxygen atoms in total. The van der Waals surface area contributed by atoms with Crippen molar-refractivity contribution < 1.29 is 37.5 Å². The van der Waals surface area contributed by atoms with Crippen LogP contribution in [0.25, 0.3) is 10.9 Å². The molecule has 6 heterocycles. The molecule has 1 aromatic heterocycles. The van der Waals surface area contributed by atoms with E-state index in [0.717, 1.165) is 82.3 Å². The van der Waals surface area contributed by atoms with Gasteiger partial charge in [-0.2, -0.15) is 0 Å². The quantitative estimate of drug-likeness (QED) is 0.0857. The summed E-state index contributed by atoms with van der Waals surface area (Å²) in [4.78, 5) is 80.0. The van der Waals surface area contributed by atoms with Crippen LogP contribution < -0.4 is 25.6 Å². The normalized spacial score (nSPS) is 21.8. The van der Waals surface area contributed by atoms with Gasteiger partial charge in [0, 0.05) is 61.8 Å². The second-order valence-corrected chi connectivity index (χ2v) is 17.2. The first-order valence-corrected chi connectivity index (χ1v) is 21.7. The molecule has 9 rings (SSSR count). The third-order valence-corrected chi connectivity index (χ3v) is 13.1. The largest absolute Gasteiger partial charge is 0.491 e. The van der Waals surface area contributed by atoms with Gasteiger partial charge in [0.15, 0.2) is 0 Å². The number of amides is 5. The number of anilines is 4. The minimum absolute atomic E-state index is 0.0131. The second-order valence-electron chi connectivity index (χ2n) is 16.8. The van der Waals surface area contributed by atoms with Gasteiger partial charge in [0.05, 0.1) is 39.6 Å². The molecule has 4 saturated heterocycles. The van der Waals surface area contributed by atoms with Crippen LogP contribution in [0.15, 0.2) is 61.4 Å². The van der Waals surface area contributed by atoms with Crippen molar-refractivity contribution in [3.63, 3.8) is 0 Å². The van der Waals surface area contributed by atoms with Crippen molar-refractivity contribution >= 4 is 74.9 Å². The molecule has 3 aromatic carbocycles. The van der Waals surface area contributed by atoms with Gasteiger partial charge >= 0.3 is 0 Å². The summed E-state index contributed by atoms with van der Waals surface area (Å²) in [6.07, 6.45) is 7.30. The number of rotatable bonds is 13. The highest BCUT2D eigenvalue weighted by Gasteiger charge is 2.47. The van der Waals surface area contributed by atoms with E-state index < -0.39 is 47.2 Å². The molecule has 0 radical (unpaired) electrons. The molecule has 18 heteroatoms. The van der Waals surface area contributed by atoms with Gasteiger partial charge in [-0.3, -0.25) is 39.1 Å². The minimum atomic E-state index is -1.11. The van der Waals surface area contributed by atoms with Gasteiger partial charge in [-0.05, 0) is 100 Å². The number of nitrogens with one attached hydrogen (secondary N) is 3. The van der Waals surface area contributed by atoms with Gasteiger partial charge in [0.2, 0.25) is 17.7 Å². The van der Waals surface area contributed by atoms with Gasteiger partial charge < -0.3 is 25.2 Å². The molecular weight excluding hydrogens is 836 g/mol. The number of nitrogens with zero attached hydrogens (tertiary/aromatic N) is 6. The molecule has 3 atom stereocenters. The molecular formula is C45H46ClF2N9O6. The maximum atomic E-state index is 15.8. The van der Waals surface area contributed by atoms with Crippen molar-refractivity contribution in [2.45, 2.75) is 63.1 Å². The van der Waals surface area contributed by atoms with Gasteiger partial charge in [-0.1, -0.05) is 18.2 Å². The average Bonchev–Trinajstić information content (AvgIpc) is 3.66. The molecule has 0 aliphatic carbocycles. The fourth-order valence-electron chi connectivity index (χ4n) is 9.73. The second kappa shape index (κ2) is 17.6. The Bertz CT molecular complexity index is 2520. The molecule has 4 fully saturated rings. The first kappa shape index (κ1) is 42.3. The predicted octanol–water partition coefficient (Wildman–Crippen LogP) is 5.66. The smallest absolute Gasteiger partial charge is 0.262 e. The predicted molar refractivity (Wildman–Crippen MR) is 231 cm³/mol. The number of benzene rings is 3.